The number of thiazole rings is 1. The minimum Gasteiger partial charge on any atom is -0.480 e. The number of hydrogen-bond donors (Lipinski definition) is 2. The topological polar surface area (TPSA) is 107 Å². The number of hydrogen-bond acceptors (Lipinski definition) is 9. The first kappa shape index (κ1) is 30.2. The van der Waals surface area contributed by atoms with E-state index >= 15 is 0 Å². The maximum absolute atomic E-state index is 14.9. The molecule has 1 saturated heterocycles. The maximum atomic E-state index is 14.9. The Labute approximate surface area is 241 Å². The SMILES string of the molecule is CCOC(=O)C1=C(CN2CC(CN(C)CC(=O)O)CC(F)(F)C2)NC(c2nccs2)=N[C@H]1c1ccc(F)cc1Br. The number of aromatic nitrogens is 1. The summed E-state index contributed by atoms with van der Waals surface area (Å²) in [7, 11) is 1.58. The first-order valence-corrected chi connectivity index (χ1v) is 14.2. The van der Waals surface area contributed by atoms with Crippen LogP contribution < -0.4 is 5.32 Å². The molecule has 0 saturated carbocycles. The predicted molar refractivity (Wildman–Crippen MR) is 147 cm³/mol. The molecule has 0 radical (unpaired) electrons. The second-order valence-corrected chi connectivity index (χ2v) is 11.6. The van der Waals surface area contributed by atoms with Crippen LogP contribution in [0.15, 0.2) is 50.5 Å². The van der Waals surface area contributed by atoms with Crippen molar-refractivity contribution >= 4 is 45.0 Å². The van der Waals surface area contributed by atoms with Crippen molar-refractivity contribution in [1.29, 1.82) is 0 Å². The Morgan fingerprint density at radius 3 is 2.80 bits per heavy atom. The summed E-state index contributed by atoms with van der Waals surface area (Å²) in [6.07, 6.45) is 1.22. The number of carboxylic acids is 1. The average Bonchev–Trinajstić information content (AvgIpc) is 3.37. The van der Waals surface area contributed by atoms with E-state index in [1.807, 2.05) is 0 Å². The lowest BCUT2D eigenvalue weighted by atomic mass is 9.92. The van der Waals surface area contributed by atoms with Crippen LogP contribution in [0.5, 0.6) is 0 Å². The molecule has 14 heteroatoms. The molecule has 0 bridgehead atoms. The van der Waals surface area contributed by atoms with Crippen molar-refractivity contribution in [3.05, 3.63) is 61.9 Å². The number of piperidine rings is 1. The Kier molecular flexibility index (Phi) is 9.64. The second kappa shape index (κ2) is 12.8. The Hall–Kier alpha value is -2.81. The van der Waals surface area contributed by atoms with Crippen molar-refractivity contribution in [1.82, 2.24) is 20.1 Å². The van der Waals surface area contributed by atoms with Gasteiger partial charge in [0.1, 0.15) is 11.9 Å². The van der Waals surface area contributed by atoms with Gasteiger partial charge in [-0.1, -0.05) is 22.0 Å². The summed E-state index contributed by atoms with van der Waals surface area (Å²) in [6.45, 7) is 1.32. The van der Waals surface area contributed by atoms with E-state index < -0.39 is 42.2 Å². The number of rotatable bonds is 10. The number of esters is 1. The highest BCUT2D eigenvalue weighted by Gasteiger charge is 2.42. The lowest BCUT2D eigenvalue weighted by Crippen LogP contribution is -2.51. The molecule has 9 nitrogen and oxygen atoms in total. The molecule has 2 aliphatic heterocycles. The molecule has 2 N–H and O–H groups in total. The van der Waals surface area contributed by atoms with E-state index in [-0.39, 0.29) is 44.8 Å². The molecule has 3 heterocycles. The first-order chi connectivity index (χ1) is 19.0. The number of alkyl halides is 2. The number of nitrogens with one attached hydrogen (secondary N) is 1. The lowest BCUT2D eigenvalue weighted by molar-refractivity contribution is -0.139. The van der Waals surface area contributed by atoms with Gasteiger partial charge in [0, 0.05) is 47.8 Å². The van der Waals surface area contributed by atoms with Gasteiger partial charge in [0.2, 0.25) is 0 Å². The van der Waals surface area contributed by atoms with E-state index in [1.165, 1.54) is 34.4 Å². The summed E-state index contributed by atoms with van der Waals surface area (Å²) < 4.78 is 49.5. The van der Waals surface area contributed by atoms with Crippen molar-refractivity contribution in [3.63, 3.8) is 0 Å². The van der Waals surface area contributed by atoms with Gasteiger partial charge in [0.15, 0.2) is 10.8 Å². The van der Waals surface area contributed by atoms with Gasteiger partial charge in [-0.2, -0.15) is 0 Å². The summed E-state index contributed by atoms with van der Waals surface area (Å²) in [5.41, 5.74) is 0.952. The molecule has 2 aromatic rings. The third-order valence-corrected chi connectivity index (χ3v) is 7.90. The zero-order valence-corrected chi connectivity index (χ0v) is 24.3. The second-order valence-electron chi connectivity index (χ2n) is 9.81. The van der Waals surface area contributed by atoms with Crippen molar-refractivity contribution in [2.24, 2.45) is 10.9 Å². The van der Waals surface area contributed by atoms with Crippen LogP contribution in [0.2, 0.25) is 0 Å². The first-order valence-electron chi connectivity index (χ1n) is 12.6. The lowest BCUT2D eigenvalue weighted by Gasteiger charge is -2.40. The van der Waals surface area contributed by atoms with E-state index in [4.69, 9.17) is 14.8 Å². The van der Waals surface area contributed by atoms with Gasteiger partial charge in [0.25, 0.3) is 5.92 Å². The number of aliphatic imine (C=N–C) groups is 1. The molecular formula is C26H29BrF3N5O4S. The van der Waals surface area contributed by atoms with Crippen molar-refractivity contribution in [2.45, 2.75) is 25.3 Å². The van der Waals surface area contributed by atoms with Crippen molar-refractivity contribution < 1.29 is 32.6 Å². The van der Waals surface area contributed by atoms with Gasteiger partial charge < -0.3 is 15.2 Å². The third kappa shape index (κ3) is 7.47. The highest BCUT2D eigenvalue weighted by Crippen LogP contribution is 2.38. The standard InChI is InChI=1S/C26H29BrF3N5O4S/c1-3-39-25(38)21-19(12-35-11-15(9-26(29,30)14-35)10-34(2)13-20(36)37)32-23(24-31-6-7-40-24)33-22(21)17-5-4-16(28)8-18(17)27/h4-8,15,22H,3,9-14H2,1-2H3,(H,32,33)(H,36,37)/t15?,22-/m0/s1. The summed E-state index contributed by atoms with van der Waals surface area (Å²) in [6, 6.07) is 3.11. The molecule has 2 atom stereocenters. The monoisotopic (exact) mass is 643 g/mol. The molecule has 0 amide bonds. The summed E-state index contributed by atoms with van der Waals surface area (Å²) in [4.78, 5) is 36.5. The van der Waals surface area contributed by atoms with Gasteiger partial charge in [-0.05, 0) is 37.6 Å². The Balaban J connectivity index is 1.73. The van der Waals surface area contributed by atoms with E-state index in [0.29, 0.717) is 26.6 Å². The van der Waals surface area contributed by atoms with Crippen LogP contribution in [0.4, 0.5) is 13.2 Å². The van der Waals surface area contributed by atoms with Crippen molar-refractivity contribution in [3.8, 4) is 0 Å². The van der Waals surface area contributed by atoms with Gasteiger partial charge in [-0.15, -0.1) is 11.3 Å². The molecule has 1 fully saturated rings. The number of nitrogens with zero attached hydrogens (tertiary/aromatic N) is 4. The summed E-state index contributed by atoms with van der Waals surface area (Å²) in [5, 5.41) is 14.5. The van der Waals surface area contributed by atoms with E-state index in [0.717, 1.165) is 0 Å². The fourth-order valence-electron chi connectivity index (χ4n) is 5.08. The van der Waals surface area contributed by atoms with Crippen LogP contribution >= 0.6 is 27.3 Å². The number of likely N-dealkylation sites (N-methyl/N-ethyl adjacent to an activating group) is 1. The third-order valence-electron chi connectivity index (χ3n) is 6.43. The van der Waals surface area contributed by atoms with Crippen LogP contribution in [0.25, 0.3) is 0 Å². The van der Waals surface area contributed by atoms with Crippen LogP contribution in [0.3, 0.4) is 0 Å². The molecule has 40 heavy (non-hydrogen) atoms. The normalized spacial score (nSPS) is 21.2. The Morgan fingerprint density at radius 2 is 2.15 bits per heavy atom. The number of halogens is 4. The average molecular weight is 645 g/mol. The fourth-order valence-corrected chi connectivity index (χ4v) is 6.23. The van der Waals surface area contributed by atoms with Crippen molar-refractivity contribution in [2.75, 3.05) is 46.4 Å². The minimum atomic E-state index is -3.02. The largest absolute Gasteiger partial charge is 0.480 e. The smallest absolute Gasteiger partial charge is 0.338 e. The van der Waals surface area contributed by atoms with Gasteiger partial charge >= 0.3 is 11.9 Å². The summed E-state index contributed by atoms with van der Waals surface area (Å²) >= 11 is 4.69. The number of likely N-dealkylation sites (tertiary alicyclic amines) is 1. The van der Waals surface area contributed by atoms with Gasteiger partial charge in [0.05, 0.1) is 25.3 Å². The van der Waals surface area contributed by atoms with E-state index in [2.05, 4.69) is 26.2 Å². The number of aliphatic carboxylic acids is 1. The predicted octanol–water partition coefficient (Wildman–Crippen LogP) is 3.93. The molecule has 1 aromatic carbocycles. The number of carbonyl (C=O) groups excluding carboxylic acids is 1. The number of ether oxygens (including phenoxy) is 1. The maximum Gasteiger partial charge on any atom is 0.338 e. The number of carbonyl (C=O) groups is 2. The Morgan fingerprint density at radius 1 is 1.38 bits per heavy atom. The zero-order valence-electron chi connectivity index (χ0n) is 21.9. The molecular weight excluding hydrogens is 615 g/mol. The number of benzene rings is 1. The molecule has 216 valence electrons. The number of carboxylic acid groups (broad SMARTS) is 1. The number of amidine groups is 1. The van der Waals surface area contributed by atoms with Crippen LogP contribution in [0, 0.1) is 11.7 Å². The molecule has 1 aromatic heterocycles. The van der Waals surface area contributed by atoms with E-state index in [9.17, 15) is 22.8 Å². The molecule has 0 aliphatic carbocycles. The highest BCUT2D eigenvalue weighted by molar-refractivity contribution is 9.10. The quantitative estimate of drug-likeness (QED) is 0.375. The fraction of sp³-hybridized carbons (Fsp3) is 0.462. The molecule has 1 unspecified atom stereocenters. The molecule has 0 spiro atoms. The van der Waals surface area contributed by atoms with Crippen LogP contribution in [-0.2, 0) is 14.3 Å². The zero-order chi connectivity index (χ0) is 29.0. The molecule has 4 rings (SSSR count). The van der Waals surface area contributed by atoms with Crippen LogP contribution in [0.1, 0.15) is 30.0 Å². The Bertz CT molecular complexity index is 1310. The van der Waals surface area contributed by atoms with Gasteiger partial charge in [-0.25, -0.2) is 22.9 Å². The minimum absolute atomic E-state index is 0.0530. The highest BCUT2D eigenvalue weighted by atomic mass is 79.9. The summed E-state index contributed by atoms with van der Waals surface area (Å²) in [5.74, 6) is -5.36. The van der Waals surface area contributed by atoms with Crippen LogP contribution in [-0.4, -0.2) is 90.0 Å². The molecule has 2 aliphatic rings. The van der Waals surface area contributed by atoms with Gasteiger partial charge in [-0.3, -0.25) is 19.6 Å². The van der Waals surface area contributed by atoms with E-state index in [1.54, 1.807) is 30.4 Å².